The molecule has 0 aromatic carbocycles. The zero-order valence-corrected chi connectivity index (χ0v) is 29.6. The van der Waals surface area contributed by atoms with Gasteiger partial charge in [-0.2, -0.15) is 0 Å². The van der Waals surface area contributed by atoms with Crippen molar-refractivity contribution >= 4 is 0 Å². The van der Waals surface area contributed by atoms with Crippen molar-refractivity contribution in [3.8, 4) is 0 Å². The van der Waals surface area contributed by atoms with Crippen molar-refractivity contribution < 1.29 is 104 Å². The van der Waals surface area contributed by atoms with E-state index >= 15 is 0 Å². The number of aliphatic hydroxyl groups excluding tert-OH is 12. The lowest BCUT2D eigenvalue weighted by atomic mass is 9.94. The average molecular weight is 790 g/mol. The van der Waals surface area contributed by atoms with Gasteiger partial charge in [0.15, 0.2) is 18.9 Å². The van der Waals surface area contributed by atoms with E-state index in [1.54, 1.807) is 0 Å². The summed E-state index contributed by atoms with van der Waals surface area (Å²) in [4.78, 5) is 0. The summed E-state index contributed by atoms with van der Waals surface area (Å²) in [6.07, 6.45) is -29.3. The molecule has 0 aromatic rings. The zero-order chi connectivity index (χ0) is 39.6. The minimum absolute atomic E-state index is 0.0621. The predicted octanol–water partition coefficient (Wildman–Crippen LogP) is -7.64. The Kier molecular flexibility index (Phi) is 15.4. The van der Waals surface area contributed by atoms with Gasteiger partial charge in [0.25, 0.3) is 0 Å². The van der Waals surface area contributed by atoms with Gasteiger partial charge in [-0.15, -0.1) is 0 Å². The summed E-state index contributed by atoms with van der Waals surface area (Å²) in [5.41, 5.74) is 6.64. The number of hydrogen-bond donors (Lipinski definition) is 13. The molecule has 4 saturated heterocycles. The summed E-state index contributed by atoms with van der Waals surface area (Å²) in [5.74, 6) is 0. The molecule has 5 heterocycles. The van der Waals surface area contributed by atoms with Crippen molar-refractivity contribution in [1.82, 2.24) is 0 Å². The fraction of sp³-hybridized carbons (Fsp3) is 0.938. The van der Waals surface area contributed by atoms with Gasteiger partial charge in [-0.25, -0.2) is 0 Å². The van der Waals surface area contributed by atoms with Crippen molar-refractivity contribution in [2.24, 2.45) is 5.73 Å². The van der Waals surface area contributed by atoms with Gasteiger partial charge in [-0.1, -0.05) is 0 Å². The standard InChI is InChI=1S/C32H55NO21/c1-10-18(37)23(42)21(40)13(48-10)4-6-47-28-17(33)30(50-12-3-5-46-14(7-34)20(12)39)52-16(9-36)27(28)53-32-29(25(44)22(41)15(8-35)51-32)54-31-26(45)24(43)19(38)11(2)49-31/h3,5,10-32,34-45H,4,6-9,33H2,1-2H3/t10?,11?,12?,13-,14?,15?,16?,17?,18+,19+,20+,21?,22-,23?,24?,25?,26?,27+,28?,29?,30+,31-,32-/m0/s1. The van der Waals surface area contributed by atoms with E-state index in [1.165, 1.54) is 26.2 Å². The maximum absolute atomic E-state index is 11.2. The van der Waals surface area contributed by atoms with Crippen LogP contribution >= 0.6 is 0 Å². The third-order valence-corrected chi connectivity index (χ3v) is 10.5. The van der Waals surface area contributed by atoms with Crippen LogP contribution in [0.4, 0.5) is 0 Å². The van der Waals surface area contributed by atoms with Gasteiger partial charge >= 0.3 is 0 Å². The van der Waals surface area contributed by atoms with Gasteiger partial charge in [0.1, 0.15) is 97.7 Å². The number of aliphatic hydroxyl groups is 12. The third-order valence-electron chi connectivity index (χ3n) is 10.5. The molecule has 0 spiro atoms. The number of rotatable bonds is 13. The van der Waals surface area contributed by atoms with Crippen LogP contribution in [0.25, 0.3) is 0 Å². The molecule has 14 unspecified atom stereocenters. The Labute approximate surface area is 309 Å². The highest BCUT2D eigenvalue weighted by atomic mass is 16.8. The minimum atomic E-state index is -1.88. The van der Waals surface area contributed by atoms with Gasteiger partial charge in [0, 0.05) is 6.61 Å². The SMILES string of the molecule is CC1O[C@@H](OC2C(O)[C@@H](O)C(CO)O[C@H]2O[C@@H]2C(CO)O[C@@H](OC3C=COC(CO)[C@@H]3O)C(N)C2OCC[C@@H]2OC(C)[C@@H](O)C(O)C2O)C(O)C(O)[C@@H]1O. The van der Waals surface area contributed by atoms with E-state index in [1.807, 2.05) is 0 Å². The smallest absolute Gasteiger partial charge is 0.187 e. The molecule has 5 rings (SSSR count). The molecule has 0 amide bonds. The highest BCUT2D eigenvalue weighted by molar-refractivity contribution is 5.02. The molecule has 54 heavy (non-hydrogen) atoms. The van der Waals surface area contributed by atoms with E-state index in [2.05, 4.69) is 0 Å². The van der Waals surface area contributed by atoms with Crippen molar-refractivity contribution in [3.63, 3.8) is 0 Å². The summed E-state index contributed by atoms with van der Waals surface area (Å²) < 4.78 is 52.4. The topological polar surface area (TPSA) is 352 Å². The first-order chi connectivity index (χ1) is 25.6. The van der Waals surface area contributed by atoms with Crippen LogP contribution in [0.2, 0.25) is 0 Å². The molecule has 314 valence electrons. The second-order valence-corrected chi connectivity index (χ2v) is 14.1. The van der Waals surface area contributed by atoms with E-state index in [9.17, 15) is 61.3 Å². The Balaban J connectivity index is 1.40. The van der Waals surface area contributed by atoms with Crippen molar-refractivity contribution in [2.75, 3.05) is 26.4 Å². The first-order valence-corrected chi connectivity index (χ1v) is 17.9. The van der Waals surface area contributed by atoms with Crippen LogP contribution in [0, 0.1) is 0 Å². The Hall–Kier alpha value is -1.30. The molecule has 0 aromatic heterocycles. The zero-order valence-electron chi connectivity index (χ0n) is 29.6. The minimum Gasteiger partial charge on any atom is -0.493 e. The van der Waals surface area contributed by atoms with Crippen molar-refractivity contribution in [2.45, 2.75) is 161 Å². The van der Waals surface area contributed by atoms with Crippen molar-refractivity contribution in [3.05, 3.63) is 12.3 Å². The highest BCUT2D eigenvalue weighted by Crippen LogP contribution is 2.35. The van der Waals surface area contributed by atoms with Crippen molar-refractivity contribution in [1.29, 1.82) is 0 Å². The van der Waals surface area contributed by atoms with Gasteiger partial charge in [0.2, 0.25) is 0 Å². The van der Waals surface area contributed by atoms with Gasteiger partial charge in [-0.3, -0.25) is 0 Å². The summed E-state index contributed by atoms with van der Waals surface area (Å²) in [7, 11) is 0. The van der Waals surface area contributed by atoms with Crippen LogP contribution in [-0.4, -0.2) is 229 Å². The van der Waals surface area contributed by atoms with Gasteiger partial charge in [0.05, 0.1) is 50.4 Å². The molecule has 23 atom stereocenters. The van der Waals surface area contributed by atoms with Crippen LogP contribution in [0.5, 0.6) is 0 Å². The third kappa shape index (κ3) is 9.20. The molecule has 5 aliphatic rings. The molecule has 0 aliphatic carbocycles. The summed E-state index contributed by atoms with van der Waals surface area (Å²) in [6, 6.07) is -1.31. The molecular formula is C32H55NO21. The lowest BCUT2D eigenvalue weighted by Gasteiger charge is -2.49. The predicted molar refractivity (Wildman–Crippen MR) is 172 cm³/mol. The summed E-state index contributed by atoms with van der Waals surface area (Å²) in [5, 5.41) is 125. The van der Waals surface area contributed by atoms with Crippen LogP contribution in [-0.2, 0) is 42.6 Å². The molecule has 4 fully saturated rings. The van der Waals surface area contributed by atoms with E-state index in [4.69, 9.17) is 48.4 Å². The maximum atomic E-state index is 11.2. The molecule has 5 aliphatic heterocycles. The molecule has 0 bridgehead atoms. The fourth-order valence-corrected chi connectivity index (χ4v) is 7.07. The molecule has 0 saturated carbocycles. The highest BCUT2D eigenvalue weighted by Gasteiger charge is 2.54. The van der Waals surface area contributed by atoms with E-state index in [0.717, 1.165) is 0 Å². The normalized spacial score (nSPS) is 51.5. The number of hydrogen-bond acceptors (Lipinski definition) is 22. The quantitative estimate of drug-likeness (QED) is 0.0824. The number of nitrogens with two attached hydrogens (primary N) is 1. The van der Waals surface area contributed by atoms with Crippen LogP contribution < -0.4 is 5.73 Å². The number of ether oxygens (including phenoxy) is 9. The Morgan fingerprint density at radius 1 is 0.519 bits per heavy atom. The lowest BCUT2D eigenvalue weighted by Crippen LogP contribution is -2.68. The summed E-state index contributed by atoms with van der Waals surface area (Å²) >= 11 is 0. The largest absolute Gasteiger partial charge is 0.493 e. The lowest BCUT2D eigenvalue weighted by molar-refractivity contribution is -0.384. The van der Waals surface area contributed by atoms with Crippen LogP contribution in [0.15, 0.2) is 12.3 Å². The molecule has 22 nitrogen and oxygen atoms in total. The maximum Gasteiger partial charge on any atom is 0.187 e. The van der Waals surface area contributed by atoms with Gasteiger partial charge < -0.3 is 110 Å². The molecule has 0 radical (unpaired) electrons. The summed E-state index contributed by atoms with van der Waals surface area (Å²) in [6.45, 7) is 0.501. The second kappa shape index (κ2) is 19.0. The fourth-order valence-electron chi connectivity index (χ4n) is 7.07. The van der Waals surface area contributed by atoms with Gasteiger partial charge in [-0.05, 0) is 26.3 Å². The Morgan fingerprint density at radius 3 is 1.74 bits per heavy atom. The first-order valence-electron chi connectivity index (χ1n) is 17.9. The average Bonchev–Trinajstić information content (AvgIpc) is 3.16. The second-order valence-electron chi connectivity index (χ2n) is 14.1. The van der Waals surface area contributed by atoms with E-state index in [0.29, 0.717) is 0 Å². The Bertz CT molecular complexity index is 1190. The first kappa shape index (κ1) is 43.8. The molecule has 14 N–H and O–H groups in total. The van der Waals surface area contributed by atoms with Crippen LogP contribution in [0.3, 0.4) is 0 Å². The molecular weight excluding hydrogens is 734 g/mol. The van der Waals surface area contributed by atoms with E-state index in [-0.39, 0.29) is 13.0 Å². The van der Waals surface area contributed by atoms with E-state index < -0.39 is 161 Å². The monoisotopic (exact) mass is 789 g/mol. The van der Waals surface area contributed by atoms with Crippen LogP contribution in [0.1, 0.15) is 20.3 Å². The Morgan fingerprint density at radius 2 is 1.09 bits per heavy atom. The molecule has 22 heteroatoms.